The van der Waals surface area contributed by atoms with Gasteiger partial charge < -0.3 is 19.3 Å². The Morgan fingerprint density at radius 2 is 1.82 bits per heavy atom. The summed E-state index contributed by atoms with van der Waals surface area (Å²) in [6, 6.07) is 14.2. The topological polar surface area (TPSA) is 63.5 Å². The summed E-state index contributed by atoms with van der Waals surface area (Å²) in [6.45, 7) is 0. The van der Waals surface area contributed by atoms with Gasteiger partial charge in [-0.1, -0.05) is 39.1 Å². The molecule has 2 atom stereocenters. The van der Waals surface area contributed by atoms with E-state index in [4.69, 9.17) is 42.5 Å². The number of rotatable bonds is 4. The van der Waals surface area contributed by atoms with Crippen molar-refractivity contribution in [1.82, 2.24) is 5.01 Å². The summed E-state index contributed by atoms with van der Waals surface area (Å²) in [4.78, 5) is 0. The van der Waals surface area contributed by atoms with Crippen LogP contribution in [0.5, 0.6) is 23.0 Å². The minimum absolute atomic E-state index is 0.102. The molecule has 1 N–H and O–H groups in total. The highest BCUT2D eigenvalue weighted by atomic mass is 79.9. The zero-order chi connectivity index (χ0) is 23.3. The highest BCUT2D eigenvalue weighted by Gasteiger charge is 2.43. The fraction of sp³-hybridized carbons (Fsp3) is 0.208. The number of phenols is 1. The van der Waals surface area contributed by atoms with Crippen LogP contribution in [0.25, 0.3) is 0 Å². The molecule has 0 saturated heterocycles. The Bertz CT molecular complexity index is 1280. The number of methoxy groups -OCH3 is 2. The maximum Gasteiger partial charge on any atom is 0.217 e. The van der Waals surface area contributed by atoms with Crippen LogP contribution in [0.2, 0.25) is 10.0 Å². The number of benzene rings is 3. The number of aromatic hydroxyl groups is 1. The number of hydrazone groups is 1. The summed E-state index contributed by atoms with van der Waals surface area (Å²) in [5, 5.41) is 18.3. The van der Waals surface area contributed by atoms with Crippen LogP contribution in [0.15, 0.2) is 58.1 Å². The summed E-state index contributed by atoms with van der Waals surface area (Å²) >= 11 is 16.3. The molecule has 2 aliphatic heterocycles. The van der Waals surface area contributed by atoms with Crippen molar-refractivity contribution in [2.75, 3.05) is 14.2 Å². The van der Waals surface area contributed by atoms with Gasteiger partial charge in [0.25, 0.3) is 0 Å². The molecule has 0 saturated carbocycles. The summed E-state index contributed by atoms with van der Waals surface area (Å²) < 4.78 is 18.0. The van der Waals surface area contributed by atoms with Crippen molar-refractivity contribution < 1.29 is 19.3 Å². The Hall–Kier alpha value is -2.61. The van der Waals surface area contributed by atoms with Gasteiger partial charge in [-0.25, -0.2) is 5.01 Å². The van der Waals surface area contributed by atoms with E-state index in [0.717, 1.165) is 21.3 Å². The van der Waals surface area contributed by atoms with Crippen molar-refractivity contribution in [3.8, 4) is 23.0 Å². The Kier molecular flexibility index (Phi) is 5.80. The molecule has 3 aromatic rings. The van der Waals surface area contributed by atoms with Crippen molar-refractivity contribution in [3.63, 3.8) is 0 Å². The number of fused-ring (bicyclic) bond motifs is 3. The Labute approximate surface area is 209 Å². The Balaban J connectivity index is 1.64. The number of hydrogen-bond acceptors (Lipinski definition) is 6. The summed E-state index contributed by atoms with van der Waals surface area (Å²) in [7, 11) is 3.20. The molecule has 5 rings (SSSR count). The third-order valence-corrected chi connectivity index (χ3v) is 6.77. The molecule has 0 radical (unpaired) electrons. The van der Waals surface area contributed by atoms with Gasteiger partial charge in [0.2, 0.25) is 6.23 Å². The SMILES string of the molecule is COc1ccc(C2=NN3[C@@H](C2)c2cc(Cl)cc(Cl)c2O[C@H]3c2cc(Br)ccc2O)cc1OC. The third kappa shape index (κ3) is 3.88. The molecule has 0 aromatic heterocycles. The normalized spacial score (nSPS) is 18.8. The lowest BCUT2D eigenvalue weighted by atomic mass is 9.95. The first-order valence-corrected chi connectivity index (χ1v) is 11.7. The zero-order valence-corrected chi connectivity index (χ0v) is 20.8. The number of ether oxygens (including phenoxy) is 3. The lowest BCUT2D eigenvalue weighted by molar-refractivity contribution is -0.0202. The van der Waals surface area contributed by atoms with Gasteiger partial charge in [-0.05, 0) is 48.5 Å². The molecular weight excluding hydrogens is 531 g/mol. The van der Waals surface area contributed by atoms with E-state index in [2.05, 4.69) is 15.9 Å². The molecule has 3 aromatic carbocycles. The van der Waals surface area contributed by atoms with E-state index in [9.17, 15) is 5.11 Å². The van der Waals surface area contributed by atoms with E-state index in [1.54, 1.807) is 32.4 Å². The van der Waals surface area contributed by atoms with Crippen LogP contribution in [0.3, 0.4) is 0 Å². The number of phenolic OH excluding ortho intramolecular Hbond substituents is 1. The van der Waals surface area contributed by atoms with Gasteiger partial charge in [0, 0.05) is 27.0 Å². The monoisotopic (exact) mass is 548 g/mol. The van der Waals surface area contributed by atoms with Crippen LogP contribution in [0, 0.1) is 0 Å². The predicted octanol–water partition coefficient (Wildman–Crippen LogP) is 6.72. The second-order valence-electron chi connectivity index (χ2n) is 7.70. The van der Waals surface area contributed by atoms with Crippen molar-refractivity contribution >= 4 is 44.8 Å². The fourth-order valence-corrected chi connectivity index (χ4v) is 5.17. The minimum atomic E-state index is -0.684. The van der Waals surface area contributed by atoms with Gasteiger partial charge in [0.05, 0.1) is 36.6 Å². The summed E-state index contributed by atoms with van der Waals surface area (Å²) in [5.41, 5.74) is 3.16. The van der Waals surface area contributed by atoms with E-state index >= 15 is 0 Å². The van der Waals surface area contributed by atoms with Gasteiger partial charge in [-0.3, -0.25) is 0 Å². The van der Waals surface area contributed by atoms with E-state index in [1.165, 1.54) is 0 Å². The number of nitrogens with zero attached hydrogens (tertiary/aromatic N) is 2. The molecule has 170 valence electrons. The lowest BCUT2D eigenvalue weighted by Gasteiger charge is -2.38. The van der Waals surface area contributed by atoms with Crippen molar-refractivity contribution in [2.24, 2.45) is 5.10 Å². The number of halogens is 3. The second-order valence-corrected chi connectivity index (χ2v) is 9.46. The van der Waals surface area contributed by atoms with Gasteiger partial charge in [-0.2, -0.15) is 5.10 Å². The Morgan fingerprint density at radius 3 is 2.58 bits per heavy atom. The predicted molar refractivity (Wildman–Crippen MR) is 131 cm³/mol. The molecule has 33 heavy (non-hydrogen) atoms. The Morgan fingerprint density at radius 1 is 1.03 bits per heavy atom. The lowest BCUT2D eigenvalue weighted by Crippen LogP contribution is -2.34. The molecule has 0 aliphatic carbocycles. The molecule has 2 heterocycles. The van der Waals surface area contributed by atoms with Crippen LogP contribution in [0.4, 0.5) is 0 Å². The van der Waals surface area contributed by atoms with Crippen LogP contribution in [-0.2, 0) is 0 Å². The van der Waals surface area contributed by atoms with Crippen molar-refractivity contribution in [2.45, 2.75) is 18.7 Å². The van der Waals surface area contributed by atoms with Crippen molar-refractivity contribution in [1.29, 1.82) is 0 Å². The smallest absolute Gasteiger partial charge is 0.217 e. The quantitative estimate of drug-likeness (QED) is 0.391. The zero-order valence-electron chi connectivity index (χ0n) is 17.7. The van der Waals surface area contributed by atoms with E-state index in [-0.39, 0.29) is 11.8 Å². The largest absolute Gasteiger partial charge is 0.507 e. The number of hydrogen-bond donors (Lipinski definition) is 1. The highest BCUT2D eigenvalue weighted by molar-refractivity contribution is 9.10. The average molecular weight is 550 g/mol. The molecule has 2 aliphatic rings. The van der Waals surface area contributed by atoms with E-state index in [1.807, 2.05) is 35.3 Å². The maximum absolute atomic E-state index is 10.6. The van der Waals surface area contributed by atoms with Crippen molar-refractivity contribution in [3.05, 3.63) is 79.7 Å². The van der Waals surface area contributed by atoms with Gasteiger partial charge >= 0.3 is 0 Å². The maximum atomic E-state index is 10.6. The molecule has 6 nitrogen and oxygen atoms in total. The molecule has 0 unspecified atom stereocenters. The first kappa shape index (κ1) is 22.2. The first-order chi connectivity index (χ1) is 15.9. The molecular formula is C24H19BrCl2N2O4. The standard InChI is InChI=1S/C24H19BrCl2N2O4/c1-31-21-6-3-12(7-22(21)32-2)18-11-19-15-9-14(26)10-17(27)23(15)33-24(29(19)28-18)16-8-13(25)4-5-20(16)30/h3-10,19,24,30H,11H2,1-2H3/t19-,24-/m0/s1. The molecule has 0 amide bonds. The van der Waals surface area contributed by atoms with E-state index in [0.29, 0.717) is 39.3 Å². The van der Waals surface area contributed by atoms with Gasteiger partial charge in [0.15, 0.2) is 11.5 Å². The molecule has 0 fully saturated rings. The highest BCUT2D eigenvalue weighted by Crippen LogP contribution is 2.52. The van der Waals surface area contributed by atoms with E-state index < -0.39 is 6.23 Å². The fourth-order valence-electron chi connectivity index (χ4n) is 4.23. The second kappa shape index (κ2) is 8.63. The first-order valence-electron chi connectivity index (χ1n) is 10.1. The summed E-state index contributed by atoms with van der Waals surface area (Å²) in [5.74, 6) is 1.90. The van der Waals surface area contributed by atoms with Crippen LogP contribution < -0.4 is 14.2 Å². The average Bonchev–Trinajstić information content (AvgIpc) is 3.26. The molecule has 9 heteroatoms. The van der Waals surface area contributed by atoms with Crippen LogP contribution >= 0.6 is 39.1 Å². The minimum Gasteiger partial charge on any atom is -0.507 e. The molecule has 0 spiro atoms. The van der Waals surface area contributed by atoms with Gasteiger partial charge in [-0.15, -0.1) is 0 Å². The van der Waals surface area contributed by atoms with Crippen LogP contribution in [-0.4, -0.2) is 30.0 Å². The third-order valence-electron chi connectivity index (χ3n) is 5.78. The molecule has 0 bridgehead atoms. The van der Waals surface area contributed by atoms with Crippen LogP contribution in [0.1, 0.15) is 35.4 Å². The summed E-state index contributed by atoms with van der Waals surface area (Å²) in [6.07, 6.45) is -0.0929. The van der Waals surface area contributed by atoms with Gasteiger partial charge in [0.1, 0.15) is 11.5 Å².